The summed E-state index contributed by atoms with van der Waals surface area (Å²) in [5, 5.41) is 5.16. The molecule has 1 atom stereocenters. The van der Waals surface area contributed by atoms with E-state index in [-0.39, 0.29) is 34.7 Å². The summed E-state index contributed by atoms with van der Waals surface area (Å²) in [7, 11) is -3.72. The number of rotatable bonds is 7. The Morgan fingerprint density at radius 2 is 1.81 bits per heavy atom. The topological polar surface area (TPSA) is 121 Å². The van der Waals surface area contributed by atoms with Gasteiger partial charge in [-0.15, -0.1) is 0 Å². The first-order valence-corrected chi connectivity index (χ1v) is 11.9. The summed E-state index contributed by atoms with van der Waals surface area (Å²) >= 11 is 0. The fraction of sp³-hybridized carbons (Fsp3) is 0.348. The first-order chi connectivity index (χ1) is 15.1. The van der Waals surface area contributed by atoms with Gasteiger partial charge in [0.1, 0.15) is 0 Å². The molecule has 170 valence electrons. The van der Waals surface area contributed by atoms with E-state index in [0.29, 0.717) is 18.5 Å². The predicted octanol–water partition coefficient (Wildman–Crippen LogP) is 2.71. The van der Waals surface area contributed by atoms with Gasteiger partial charge in [-0.2, -0.15) is 0 Å². The third-order valence-electron chi connectivity index (χ3n) is 5.56. The zero-order valence-electron chi connectivity index (χ0n) is 18.3. The van der Waals surface area contributed by atoms with Crippen molar-refractivity contribution >= 4 is 33.4 Å². The Kier molecular flexibility index (Phi) is 6.80. The van der Waals surface area contributed by atoms with Crippen molar-refractivity contribution in [1.29, 1.82) is 0 Å². The van der Waals surface area contributed by atoms with Crippen LogP contribution < -0.4 is 15.4 Å². The molecular weight excluding hydrogens is 430 g/mol. The number of anilines is 1. The second-order valence-electron chi connectivity index (χ2n) is 8.15. The summed E-state index contributed by atoms with van der Waals surface area (Å²) in [4.78, 5) is 36.8. The number of imide groups is 1. The Balaban J connectivity index is 1.78. The van der Waals surface area contributed by atoms with Crippen molar-refractivity contribution in [3.8, 4) is 0 Å². The van der Waals surface area contributed by atoms with Gasteiger partial charge in [0.15, 0.2) is 0 Å². The van der Waals surface area contributed by atoms with Gasteiger partial charge in [-0.05, 0) is 62.6 Å². The minimum atomic E-state index is -3.72. The van der Waals surface area contributed by atoms with Gasteiger partial charge in [0.05, 0.1) is 10.3 Å². The molecule has 0 aliphatic carbocycles. The normalized spacial score (nSPS) is 19.0. The number of carbonyl (C=O) groups is 3. The Labute approximate surface area is 187 Å². The van der Waals surface area contributed by atoms with Crippen LogP contribution in [0.3, 0.4) is 0 Å². The maximum atomic E-state index is 12.7. The largest absolute Gasteiger partial charge is 0.322 e. The average molecular weight is 458 g/mol. The molecule has 1 unspecified atom stereocenters. The molecule has 3 amide bonds. The third-order valence-corrected chi connectivity index (χ3v) is 7.22. The predicted molar refractivity (Wildman–Crippen MR) is 121 cm³/mol. The molecule has 2 aromatic rings. The molecule has 1 fully saturated rings. The molecule has 32 heavy (non-hydrogen) atoms. The summed E-state index contributed by atoms with van der Waals surface area (Å²) < 4.78 is 27.2. The summed E-state index contributed by atoms with van der Waals surface area (Å²) in [6.45, 7) is 5.34. The molecule has 3 rings (SSSR count). The Bertz CT molecular complexity index is 1140. The van der Waals surface area contributed by atoms with E-state index in [1.165, 1.54) is 24.3 Å². The number of hydrogen-bond donors (Lipinski definition) is 3. The van der Waals surface area contributed by atoms with Crippen LogP contribution in [0.15, 0.2) is 53.4 Å². The summed E-state index contributed by atoms with van der Waals surface area (Å²) in [5.41, 5.74) is 0.709. The zero-order chi connectivity index (χ0) is 23.5. The highest BCUT2D eigenvalue weighted by molar-refractivity contribution is 7.89. The lowest BCUT2D eigenvalue weighted by atomic mass is 9.72. The minimum Gasteiger partial charge on any atom is -0.322 e. The number of carbonyl (C=O) groups excluding carboxylic acids is 3. The highest BCUT2D eigenvalue weighted by Gasteiger charge is 2.42. The molecule has 3 N–H and O–H groups in total. The van der Waals surface area contributed by atoms with Crippen molar-refractivity contribution in [3.05, 3.63) is 59.7 Å². The van der Waals surface area contributed by atoms with Gasteiger partial charge in [0, 0.05) is 23.7 Å². The number of amides is 3. The number of nitrogens with one attached hydrogen (secondary N) is 3. The zero-order valence-corrected chi connectivity index (χ0v) is 19.1. The van der Waals surface area contributed by atoms with Crippen LogP contribution in [0.25, 0.3) is 0 Å². The standard InChI is InChI=1S/C23H27N3O5S/c1-4-23(13-12-20(27)25-22(23)29)17-8-10-18(11-9-17)24-21(28)16-6-5-7-19(14-16)32(30,31)26-15(2)3/h5-11,14-15,26H,4,12-13H2,1-3H3,(H,24,28)(H,25,27,29). The van der Waals surface area contributed by atoms with E-state index in [9.17, 15) is 22.8 Å². The van der Waals surface area contributed by atoms with Crippen LogP contribution in [-0.4, -0.2) is 32.2 Å². The summed E-state index contributed by atoms with van der Waals surface area (Å²) in [5.74, 6) is -1.03. The number of hydrogen-bond acceptors (Lipinski definition) is 5. The van der Waals surface area contributed by atoms with Gasteiger partial charge in [0.2, 0.25) is 21.8 Å². The fourth-order valence-electron chi connectivity index (χ4n) is 3.82. The van der Waals surface area contributed by atoms with E-state index in [4.69, 9.17) is 0 Å². The van der Waals surface area contributed by atoms with Gasteiger partial charge >= 0.3 is 0 Å². The number of benzene rings is 2. The van der Waals surface area contributed by atoms with Crippen molar-refractivity contribution < 1.29 is 22.8 Å². The molecule has 0 saturated carbocycles. The molecule has 1 aliphatic rings. The molecule has 0 spiro atoms. The van der Waals surface area contributed by atoms with Crippen LogP contribution in [0.1, 0.15) is 56.0 Å². The van der Waals surface area contributed by atoms with Gasteiger partial charge in [0.25, 0.3) is 5.91 Å². The molecule has 1 aliphatic heterocycles. The maximum absolute atomic E-state index is 12.7. The Hall–Kier alpha value is -3.04. The van der Waals surface area contributed by atoms with Crippen LogP contribution in [0.4, 0.5) is 5.69 Å². The first-order valence-electron chi connectivity index (χ1n) is 10.5. The highest BCUT2D eigenvalue weighted by Crippen LogP contribution is 2.36. The van der Waals surface area contributed by atoms with Crippen LogP contribution in [0.2, 0.25) is 0 Å². The van der Waals surface area contributed by atoms with Crippen molar-refractivity contribution in [1.82, 2.24) is 10.0 Å². The quantitative estimate of drug-likeness (QED) is 0.552. The first kappa shape index (κ1) is 23.6. The number of sulfonamides is 1. The second kappa shape index (κ2) is 9.22. The molecule has 0 bridgehead atoms. The van der Waals surface area contributed by atoms with Crippen LogP contribution in [0, 0.1) is 0 Å². The Morgan fingerprint density at radius 3 is 2.41 bits per heavy atom. The molecule has 2 aromatic carbocycles. The van der Waals surface area contributed by atoms with Gasteiger partial charge in [-0.25, -0.2) is 13.1 Å². The lowest BCUT2D eigenvalue weighted by molar-refractivity contribution is -0.138. The van der Waals surface area contributed by atoms with Gasteiger partial charge in [-0.1, -0.05) is 25.1 Å². The van der Waals surface area contributed by atoms with E-state index in [2.05, 4.69) is 15.4 Å². The summed E-state index contributed by atoms with van der Waals surface area (Å²) in [6, 6.07) is 12.4. The second-order valence-corrected chi connectivity index (χ2v) is 9.86. The van der Waals surface area contributed by atoms with Crippen molar-refractivity contribution in [2.24, 2.45) is 0 Å². The molecule has 0 aromatic heterocycles. The van der Waals surface area contributed by atoms with Gasteiger partial charge < -0.3 is 5.32 Å². The van der Waals surface area contributed by atoms with Crippen LogP contribution >= 0.6 is 0 Å². The Morgan fingerprint density at radius 1 is 1.12 bits per heavy atom. The molecule has 9 heteroatoms. The lowest BCUT2D eigenvalue weighted by Crippen LogP contribution is -2.51. The highest BCUT2D eigenvalue weighted by atomic mass is 32.2. The van der Waals surface area contributed by atoms with Crippen molar-refractivity contribution in [2.75, 3.05) is 5.32 Å². The van der Waals surface area contributed by atoms with E-state index in [1.54, 1.807) is 38.1 Å². The van der Waals surface area contributed by atoms with Crippen LogP contribution in [-0.2, 0) is 25.0 Å². The maximum Gasteiger partial charge on any atom is 0.255 e. The van der Waals surface area contributed by atoms with E-state index in [1.807, 2.05) is 6.92 Å². The van der Waals surface area contributed by atoms with Crippen molar-refractivity contribution in [2.45, 2.75) is 56.4 Å². The van der Waals surface area contributed by atoms with E-state index < -0.39 is 21.3 Å². The monoisotopic (exact) mass is 457 g/mol. The van der Waals surface area contributed by atoms with Crippen molar-refractivity contribution in [3.63, 3.8) is 0 Å². The molecule has 0 radical (unpaired) electrons. The molecule has 8 nitrogen and oxygen atoms in total. The lowest BCUT2D eigenvalue weighted by Gasteiger charge is -2.35. The summed E-state index contributed by atoms with van der Waals surface area (Å²) in [6.07, 6.45) is 1.26. The molecular formula is C23H27N3O5S. The minimum absolute atomic E-state index is 0.0111. The number of piperidine rings is 1. The SMILES string of the molecule is CCC1(c2ccc(NC(=O)c3cccc(S(=O)(=O)NC(C)C)c3)cc2)CCC(=O)NC1=O. The van der Waals surface area contributed by atoms with Gasteiger partial charge in [-0.3, -0.25) is 19.7 Å². The average Bonchev–Trinajstić information content (AvgIpc) is 2.74. The fourth-order valence-corrected chi connectivity index (χ4v) is 5.12. The van der Waals surface area contributed by atoms with E-state index >= 15 is 0 Å². The van der Waals surface area contributed by atoms with E-state index in [0.717, 1.165) is 5.56 Å². The third kappa shape index (κ3) is 4.89. The van der Waals surface area contributed by atoms with Crippen LogP contribution in [0.5, 0.6) is 0 Å². The molecule has 1 saturated heterocycles. The molecule has 1 heterocycles. The smallest absolute Gasteiger partial charge is 0.255 e.